The molecule has 4 nitrogen and oxygen atoms in total. The van der Waals surface area contributed by atoms with Gasteiger partial charge in [-0.2, -0.15) is 0 Å². The lowest BCUT2D eigenvalue weighted by atomic mass is 10.1. The monoisotopic (exact) mass is 464 g/mol. The van der Waals surface area contributed by atoms with Crippen LogP contribution in [-0.4, -0.2) is 10.5 Å². The second-order valence-corrected chi connectivity index (χ2v) is 9.74. The Morgan fingerprint density at radius 2 is 1.03 bits per heavy atom. The Balaban J connectivity index is 0.00000235. The van der Waals surface area contributed by atoms with E-state index in [1.807, 2.05) is 0 Å². The molecule has 0 fully saturated rings. The number of aryl methyl sites for hydroxylation is 2. The van der Waals surface area contributed by atoms with E-state index in [0.717, 1.165) is 6.92 Å². The largest absolute Gasteiger partial charge is 0.550 e. The SMILES string of the molecule is CC(=O)[O-].CCCCCCCCCCCCn1cc[n+](CCCCCCCCCCCC)c1. The molecule has 0 aliphatic heterocycles. The van der Waals surface area contributed by atoms with Crippen LogP contribution < -0.4 is 9.67 Å². The minimum absolute atomic E-state index is 0.972. The van der Waals surface area contributed by atoms with Crippen molar-refractivity contribution >= 4 is 5.97 Å². The summed E-state index contributed by atoms with van der Waals surface area (Å²) in [6.45, 7) is 7.96. The standard InChI is InChI=1S/C27H53N2.C2H4O2/c1-3-5-7-9-11-13-15-17-19-21-23-28-25-26-29(27-28)24-22-20-18-16-14-12-10-8-6-4-2;1-2(3)4/h25-27H,3-24H2,1-2H3;1H3,(H,3,4)/q+1;/p-1. The molecule has 0 amide bonds. The summed E-state index contributed by atoms with van der Waals surface area (Å²) in [5, 5.41) is 8.89. The number of carboxylic acids is 1. The molecule has 0 aliphatic rings. The van der Waals surface area contributed by atoms with Crippen molar-refractivity contribution in [1.82, 2.24) is 4.57 Å². The molecule has 194 valence electrons. The zero-order chi connectivity index (χ0) is 24.4. The molecule has 4 heteroatoms. The van der Waals surface area contributed by atoms with E-state index in [4.69, 9.17) is 9.90 Å². The zero-order valence-corrected chi connectivity index (χ0v) is 22.5. The van der Waals surface area contributed by atoms with Gasteiger partial charge >= 0.3 is 0 Å². The predicted molar refractivity (Wildman–Crippen MR) is 139 cm³/mol. The molecule has 0 spiro atoms. The first-order valence-corrected chi connectivity index (χ1v) is 14.3. The number of nitrogens with zero attached hydrogens (tertiary/aromatic N) is 2. The van der Waals surface area contributed by atoms with Crippen LogP contribution in [0.15, 0.2) is 18.7 Å². The Morgan fingerprint density at radius 1 is 0.667 bits per heavy atom. The molecule has 0 saturated heterocycles. The third kappa shape index (κ3) is 25.1. The van der Waals surface area contributed by atoms with Gasteiger partial charge in [0.05, 0.1) is 13.1 Å². The van der Waals surface area contributed by atoms with Gasteiger partial charge in [0.2, 0.25) is 6.33 Å². The van der Waals surface area contributed by atoms with Crippen LogP contribution in [0.25, 0.3) is 0 Å². The van der Waals surface area contributed by atoms with Crippen LogP contribution in [0.4, 0.5) is 0 Å². The Bertz CT molecular complexity index is 485. The maximum absolute atomic E-state index is 8.89. The van der Waals surface area contributed by atoms with Gasteiger partial charge in [0.25, 0.3) is 0 Å². The van der Waals surface area contributed by atoms with Gasteiger partial charge in [-0.25, -0.2) is 9.13 Å². The number of carboxylic acid groups (broad SMARTS) is 1. The summed E-state index contributed by atoms with van der Waals surface area (Å²) < 4.78 is 4.78. The fourth-order valence-corrected chi connectivity index (χ4v) is 4.27. The van der Waals surface area contributed by atoms with E-state index >= 15 is 0 Å². The minimum atomic E-state index is -1.08. The molecule has 1 aromatic rings. The lowest BCUT2D eigenvalue weighted by Gasteiger charge is -2.02. The number of imidazole rings is 1. The van der Waals surface area contributed by atoms with Crippen LogP contribution in [0, 0.1) is 0 Å². The van der Waals surface area contributed by atoms with E-state index in [0.29, 0.717) is 0 Å². The Morgan fingerprint density at radius 3 is 1.45 bits per heavy atom. The Hall–Kier alpha value is -1.32. The highest BCUT2D eigenvalue weighted by molar-refractivity contribution is 5.60. The van der Waals surface area contributed by atoms with Crippen molar-refractivity contribution in [3.8, 4) is 0 Å². The average molecular weight is 465 g/mol. The van der Waals surface area contributed by atoms with Crippen LogP contribution in [0.2, 0.25) is 0 Å². The van der Waals surface area contributed by atoms with Gasteiger partial charge in [-0.3, -0.25) is 0 Å². The van der Waals surface area contributed by atoms with Crippen molar-refractivity contribution in [2.24, 2.45) is 0 Å². The first-order chi connectivity index (χ1) is 16.1. The Kier molecular flexibility index (Phi) is 24.3. The summed E-state index contributed by atoms with van der Waals surface area (Å²) in [6, 6.07) is 0. The summed E-state index contributed by atoms with van der Waals surface area (Å²) in [5.74, 6) is -1.08. The van der Waals surface area contributed by atoms with Gasteiger partial charge in [-0.15, -0.1) is 0 Å². The quantitative estimate of drug-likeness (QED) is 0.133. The number of rotatable bonds is 22. The van der Waals surface area contributed by atoms with Gasteiger partial charge < -0.3 is 9.90 Å². The fourth-order valence-electron chi connectivity index (χ4n) is 4.27. The summed E-state index contributed by atoms with van der Waals surface area (Å²) in [4.78, 5) is 8.89. The average Bonchev–Trinajstić information content (AvgIpc) is 3.23. The van der Waals surface area contributed by atoms with Gasteiger partial charge in [-0.05, 0) is 32.6 Å². The highest BCUT2D eigenvalue weighted by Crippen LogP contribution is 2.12. The van der Waals surface area contributed by atoms with Crippen molar-refractivity contribution in [1.29, 1.82) is 0 Å². The van der Waals surface area contributed by atoms with E-state index < -0.39 is 5.97 Å². The second-order valence-electron chi connectivity index (χ2n) is 9.74. The summed E-state index contributed by atoms with van der Waals surface area (Å²) in [5.41, 5.74) is 0. The number of carbonyl (C=O) groups is 1. The lowest BCUT2D eigenvalue weighted by Crippen LogP contribution is -2.30. The minimum Gasteiger partial charge on any atom is -0.550 e. The molecule has 33 heavy (non-hydrogen) atoms. The number of hydrogen-bond donors (Lipinski definition) is 0. The maximum Gasteiger partial charge on any atom is 0.243 e. The second kappa shape index (κ2) is 25.3. The fraction of sp³-hybridized carbons (Fsp3) is 0.862. The third-order valence-electron chi connectivity index (χ3n) is 6.29. The number of unbranched alkanes of at least 4 members (excludes halogenated alkanes) is 18. The first kappa shape index (κ1) is 31.7. The molecule has 0 aromatic carbocycles. The van der Waals surface area contributed by atoms with E-state index in [1.165, 1.54) is 142 Å². The molecule has 1 heterocycles. The molecule has 0 aliphatic carbocycles. The van der Waals surface area contributed by atoms with Crippen molar-refractivity contribution in [2.75, 3.05) is 0 Å². The molecule has 0 unspecified atom stereocenters. The van der Waals surface area contributed by atoms with E-state index in [9.17, 15) is 0 Å². The van der Waals surface area contributed by atoms with E-state index in [2.05, 4.69) is 41.7 Å². The molecule has 1 rings (SSSR count). The molecule has 0 saturated carbocycles. The van der Waals surface area contributed by atoms with Crippen molar-refractivity contribution in [2.45, 2.75) is 162 Å². The van der Waals surface area contributed by atoms with Gasteiger partial charge in [0.15, 0.2) is 0 Å². The van der Waals surface area contributed by atoms with Crippen LogP contribution in [0.5, 0.6) is 0 Å². The number of aliphatic carboxylic acids is 1. The van der Waals surface area contributed by atoms with E-state index in [-0.39, 0.29) is 0 Å². The van der Waals surface area contributed by atoms with Gasteiger partial charge in [0.1, 0.15) is 12.4 Å². The number of aromatic nitrogens is 2. The van der Waals surface area contributed by atoms with Crippen LogP contribution in [0.1, 0.15) is 149 Å². The van der Waals surface area contributed by atoms with Crippen molar-refractivity contribution in [3.05, 3.63) is 18.7 Å². The molecular weight excluding hydrogens is 408 g/mol. The van der Waals surface area contributed by atoms with Crippen LogP contribution >= 0.6 is 0 Å². The number of carbonyl (C=O) groups excluding carboxylic acids is 1. The smallest absolute Gasteiger partial charge is 0.243 e. The van der Waals surface area contributed by atoms with Crippen LogP contribution in [-0.2, 0) is 17.9 Å². The predicted octanol–water partition coefficient (Wildman–Crippen LogP) is 7.37. The van der Waals surface area contributed by atoms with Gasteiger partial charge in [-0.1, -0.05) is 117 Å². The summed E-state index contributed by atoms with van der Waals surface area (Å²) >= 11 is 0. The molecule has 0 N–H and O–H groups in total. The maximum atomic E-state index is 8.89. The van der Waals surface area contributed by atoms with Crippen molar-refractivity contribution < 1.29 is 14.5 Å². The molecule has 0 atom stereocenters. The topological polar surface area (TPSA) is 48.9 Å². The summed E-state index contributed by atoms with van der Waals surface area (Å²) in [6.07, 6.45) is 35.2. The molecule has 1 aromatic heterocycles. The third-order valence-corrected chi connectivity index (χ3v) is 6.29. The number of hydrogen-bond acceptors (Lipinski definition) is 2. The Labute approximate surface area is 206 Å². The summed E-state index contributed by atoms with van der Waals surface area (Å²) in [7, 11) is 0. The van der Waals surface area contributed by atoms with Crippen molar-refractivity contribution in [3.63, 3.8) is 0 Å². The molecular formula is C29H56N2O2. The highest BCUT2D eigenvalue weighted by atomic mass is 16.4. The first-order valence-electron chi connectivity index (χ1n) is 14.3. The van der Waals surface area contributed by atoms with E-state index in [1.54, 1.807) is 0 Å². The molecule has 0 radical (unpaired) electrons. The van der Waals surface area contributed by atoms with Gasteiger partial charge in [0, 0.05) is 5.97 Å². The normalized spacial score (nSPS) is 10.8. The zero-order valence-electron chi connectivity index (χ0n) is 22.5. The lowest BCUT2D eigenvalue weighted by molar-refractivity contribution is -0.696. The van der Waals surface area contributed by atoms with Crippen LogP contribution in [0.3, 0.4) is 0 Å². The molecule has 0 bridgehead atoms. The highest BCUT2D eigenvalue weighted by Gasteiger charge is 2.03.